The zero-order chi connectivity index (χ0) is 17.4. The maximum absolute atomic E-state index is 12.7. The van der Waals surface area contributed by atoms with Crippen LogP contribution in [0.4, 0.5) is 5.82 Å². The summed E-state index contributed by atoms with van der Waals surface area (Å²) < 4.78 is 27.0. The van der Waals surface area contributed by atoms with Crippen molar-refractivity contribution >= 4 is 15.8 Å². The fourth-order valence-corrected chi connectivity index (χ4v) is 5.40. The molecule has 1 fully saturated rings. The molecule has 136 valence electrons. The normalized spacial score (nSPS) is 25.0. The minimum absolute atomic E-state index is 0.295. The van der Waals surface area contributed by atoms with E-state index in [1.165, 1.54) is 23.9 Å². The second-order valence-electron chi connectivity index (χ2n) is 7.44. The lowest BCUT2D eigenvalue weighted by molar-refractivity contribution is 0.346. The Hall–Kier alpha value is -1.60. The molecular weight excluding hydrogens is 336 g/mol. The van der Waals surface area contributed by atoms with E-state index in [0.717, 1.165) is 50.4 Å². The van der Waals surface area contributed by atoms with Crippen molar-refractivity contribution in [1.82, 2.24) is 14.7 Å². The van der Waals surface area contributed by atoms with E-state index in [9.17, 15) is 8.42 Å². The Labute approximate surface area is 149 Å². The Kier molecular flexibility index (Phi) is 4.45. The van der Waals surface area contributed by atoms with E-state index in [1.54, 1.807) is 10.4 Å². The zero-order valence-corrected chi connectivity index (χ0v) is 15.6. The van der Waals surface area contributed by atoms with Crippen LogP contribution in [-0.2, 0) is 10.0 Å². The highest BCUT2D eigenvalue weighted by Crippen LogP contribution is 2.33. The van der Waals surface area contributed by atoms with Gasteiger partial charge in [-0.1, -0.05) is 13.3 Å². The topological polar surface area (TPSA) is 65.5 Å². The van der Waals surface area contributed by atoms with Gasteiger partial charge in [-0.3, -0.25) is 5.01 Å². The highest BCUT2D eigenvalue weighted by molar-refractivity contribution is 7.89. The average Bonchev–Trinajstić information content (AvgIpc) is 3.06. The minimum atomic E-state index is -3.41. The van der Waals surface area contributed by atoms with Crippen LogP contribution in [0.2, 0.25) is 0 Å². The first-order valence-electron chi connectivity index (χ1n) is 9.25. The van der Waals surface area contributed by atoms with Gasteiger partial charge in [-0.05, 0) is 55.7 Å². The van der Waals surface area contributed by atoms with Crippen molar-refractivity contribution in [3.63, 3.8) is 0 Å². The van der Waals surface area contributed by atoms with Crippen molar-refractivity contribution < 1.29 is 8.42 Å². The third-order valence-corrected chi connectivity index (χ3v) is 7.37. The number of rotatable bonds is 3. The second-order valence-corrected chi connectivity index (χ2v) is 9.38. The smallest absolute Gasteiger partial charge is 0.244 e. The molecule has 4 rings (SSSR count). The Morgan fingerprint density at radius 2 is 2.00 bits per heavy atom. The minimum Gasteiger partial charge on any atom is -0.301 e. The molecule has 0 spiro atoms. The molecule has 1 aromatic heterocycles. The predicted molar refractivity (Wildman–Crippen MR) is 97.4 cm³/mol. The van der Waals surface area contributed by atoms with Gasteiger partial charge in [-0.15, -0.1) is 0 Å². The number of pyridine rings is 1. The molecule has 0 amide bonds. The molecule has 25 heavy (non-hydrogen) atoms. The third-order valence-electron chi connectivity index (χ3n) is 5.49. The van der Waals surface area contributed by atoms with Gasteiger partial charge in [-0.25, -0.2) is 13.4 Å². The largest absolute Gasteiger partial charge is 0.301 e. The molecule has 0 radical (unpaired) electrons. The quantitative estimate of drug-likeness (QED) is 0.895. The highest BCUT2D eigenvalue weighted by Gasteiger charge is 2.29. The maximum Gasteiger partial charge on any atom is 0.244 e. The summed E-state index contributed by atoms with van der Waals surface area (Å²) in [6, 6.07) is 3.50. The van der Waals surface area contributed by atoms with Crippen LogP contribution in [0.25, 0.3) is 0 Å². The van der Waals surface area contributed by atoms with Gasteiger partial charge in [0.1, 0.15) is 10.7 Å². The molecule has 0 saturated carbocycles. The Morgan fingerprint density at radius 3 is 2.72 bits per heavy atom. The first kappa shape index (κ1) is 16.8. The van der Waals surface area contributed by atoms with Crippen molar-refractivity contribution in [1.29, 1.82) is 0 Å². The summed E-state index contributed by atoms with van der Waals surface area (Å²) in [5.41, 5.74) is 6.24. The number of piperidine rings is 1. The Bertz CT molecular complexity index is 767. The lowest BCUT2D eigenvalue weighted by Gasteiger charge is -2.26. The predicted octanol–water partition coefficient (Wildman–Crippen LogP) is 2.65. The van der Waals surface area contributed by atoms with Gasteiger partial charge in [0.2, 0.25) is 10.0 Å². The van der Waals surface area contributed by atoms with Gasteiger partial charge in [0.25, 0.3) is 0 Å². The molecule has 6 nitrogen and oxygen atoms in total. The lowest BCUT2D eigenvalue weighted by Crippen LogP contribution is -2.36. The molecule has 2 aliphatic heterocycles. The van der Waals surface area contributed by atoms with Crippen molar-refractivity contribution in [2.24, 2.45) is 5.92 Å². The number of allylic oxidation sites excluding steroid dienone is 1. The standard InChI is InChI=1S/C18H26N4O2S/c1-14-5-6-15-13-22(20-17(15)11-14)18-8-7-16(12-19-18)25(23,24)21-9-3-2-4-10-21/h7-8,12,14,20H,2-6,9-11,13H2,1H3. The molecule has 1 saturated heterocycles. The summed E-state index contributed by atoms with van der Waals surface area (Å²) in [7, 11) is -3.41. The molecule has 1 N–H and O–H groups in total. The van der Waals surface area contributed by atoms with E-state index < -0.39 is 10.0 Å². The number of hydrazine groups is 1. The number of hydrogen-bond acceptors (Lipinski definition) is 5. The molecule has 3 heterocycles. The van der Waals surface area contributed by atoms with E-state index >= 15 is 0 Å². The van der Waals surface area contributed by atoms with Gasteiger partial charge in [0.15, 0.2) is 0 Å². The molecule has 1 unspecified atom stereocenters. The maximum atomic E-state index is 12.7. The van der Waals surface area contributed by atoms with Crippen LogP contribution in [-0.4, -0.2) is 37.3 Å². The van der Waals surface area contributed by atoms with Crippen LogP contribution >= 0.6 is 0 Å². The van der Waals surface area contributed by atoms with Crippen molar-refractivity contribution in [3.8, 4) is 0 Å². The van der Waals surface area contributed by atoms with Gasteiger partial charge in [0, 0.05) is 25.0 Å². The molecule has 1 aliphatic carbocycles. The Morgan fingerprint density at radius 1 is 1.20 bits per heavy atom. The molecular formula is C18H26N4O2S. The monoisotopic (exact) mass is 362 g/mol. The van der Waals surface area contributed by atoms with Crippen molar-refractivity contribution in [2.45, 2.75) is 50.3 Å². The first-order chi connectivity index (χ1) is 12.0. The number of nitrogens with zero attached hydrogens (tertiary/aromatic N) is 3. The molecule has 3 aliphatic rings. The van der Waals surface area contributed by atoms with E-state index in [-0.39, 0.29) is 0 Å². The number of hydrogen-bond donors (Lipinski definition) is 1. The molecule has 0 bridgehead atoms. The number of anilines is 1. The second kappa shape index (κ2) is 6.61. The summed E-state index contributed by atoms with van der Waals surface area (Å²) >= 11 is 0. The van der Waals surface area contributed by atoms with Crippen LogP contribution in [0.3, 0.4) is 0 Å². The summed E-state index contributed by atoms with van der Waals surface area (Å²) in [6.07, 6.45) is 7.97. The summed E-state index contributed by atoms with van der Waals surface area (Å²) in [6.45, 7) is 4.36. The third kappa shape index (κ3) is 3.27. The van der Waals surface area contributed by atoms with Crippen LogP contribution in [0, 0.1) is 5.92 Å². The fraction of sp³-hybridized carbons (Fsp3) is 0.611. The number of aromatic nitrogens is 1. The lowest BCUT2D eigenvalue weighted by atomic mass is 9.89. The fourth-order valence-electron chi connectivity index (χ4n) is 3.94. The number of sulfonamides is 1. The number of nitrogens with one attached hydrogen (secondary N) is 1. The molecule has 0 aromatic carbocycles. The zero-order valence-electron chi connectivity index (χ0n) is 14.7. The van der Waals surface area contributed by atoms with E-state index in [1.807, 2.05) is 11.1 Å². The van der Waals surface area contributed by atoms with E-state index in [2.05, 4.69) is 17.3 Å². The van der Waals surface area contributed by atoms with Crippen LogP contribution in [0.5, 0.6) is 0 Å². The van der Waals surface area contributed by atoms with Gasteiger partial charge in [-0.2, -0.15) is 4.31 Å². The SMILES string of the molecule is CC1CCC2=C(C1)NN(c1ccc(S(=O)(=O)N3CCCCC3)cn1)C2. The molecule has 7 heteroatoms. The van der Waals surface area contributed by atoms with Crippen LogP contribution in [0.1, 0.15) is 45.4 Å². The molecule has 1 atom stereocenters. The summed E-state index contributed by atoms with van der Waals surface area (Å²) in [4.78, 5) is 4.72. The molecule has 1 aromatic rings. The Balaban J connectivity index is 1.48. The van der Waals surface area contributed by atoms with E-state index in [0.29, 0.717) is 18.0 Å². The van der Waals surface area contributed by atoms with Gasteiger partial charge in [0.05, 0.1) is 6.54 Å². The van der Waals surface area contributed by atoms with Gasteiger partial charge >= 0.3 is 0 Å². The van der Waals surface area contributed by atoms with Crippen molar-refractivity contribution in [3.05, 3.63) is 29.6 Å². The summed E-state index contributed by atoms with van der Waals surface area (Å²) in [5, 5.41) is 2.03. The summed E-state index contributed by atoms with van der Waals surface area (Å²) in [5.74, 6) is 1.50. The van der Waals surface area contributed by atoms with Crippen molar-refractivity contribution in [2.75, 3.05) is 24.6 Å². The van der Waals surface area contributed by atoms with Crippen LogP contribution < -0.4 is 10.4 Å². The average molecular weight is 362 g/mol. The van der Waals surface area contributed by atoms with Crippen LogP contribution in [0.15, 0.2) is 34.5 Å². The first-order valence-corrected chi connectivity index (χ1v) is 10.7. The highest BCUT2D eigenvalue weighted by atomic mass is 32.2. The van der Waals surface area contributed by atoms with E-state index in [4.69, 9.17) is 0 Å². The van der Waals surface area contributed by atoms with Gasteiger partial charge < -0.3 is 5.43 Å².